The maximum absolute atomic E-state index is 13.9. The Balaban J connectivity index is 2.03. The second-order valence-electron chi connectivity index (χ2n) is 5.88. The number of aromatic carboxylic acids is 1. The minimum atomic E-state index is -1.14. The molecule has 2 rings (SSSR count). The molecular formula is C16H23FN2O2. The first-order valence-corrected chi connectivity index (χ1v) is 7.60. The number of anilines is 2. The van der Waals surface area contributed by atoms with Gasteiger partial charge in [-0.2, -0.15) is 0 Å². The first-order valence-electron chi connectivity index (χ1n) is 7.60. The van der Waals surface area contributed by atoms with Gasteiger partial charge in [0.15, 0.2) is 0 Å². The SMILES string of the molecule is CCCC1CCC(Nc2cc(C(=O)O)c(N)cc2F)CC1. The molecule has 4 nitrogen and oxygen atoms in total. The highest BCUT2D eigenvalue weighted by molar-refractivity contribution is 5.94. The molecular weight excluding hydrogens is 271 g/mol. The van der Waals surface area contributed by atoms with Crippen LogP contribution in [0.1, 0.15) is 55.8 Å². The number of halogens is 1. The summed E-state index contributed by atoms with van der Waals surface area (Å²) in [6.07, 6.45) is 6.75. The molecule has 0 aromatic heterocycles. The molecule has 1 saturated carbocycles. The van der Waals surface area contributed by atoms with E-state index in [0.29, 0.717) is 0 Å². The van der Waals surface area contributed by atoms with Crippen LogP contribution in [-0.4, -0.2) is 17.1 Å². The van der Waals surface area contributed by atoms with E-state index in [0.717, 1.165) is 37.7 Å². The zero-order valence-electron chi connectivity index (χ0n) is 12.4. The van der Waals surface area contributed by atoms with Crippen LogP contribution in [0.2, 0.25) is 0 Å². The number of carboxylic acid groups (broad SMARTS) is 1. The third-order valence-electron chi connectivity index (χ3n) is 4.27. The van der Waals surface area contributed by atoms with Crippen molar-refractivity contribution in [3.05, 3.63) is 23.5 Å². The Hall–Kier alpha value is -1.78. The molecule has 4 N–H and O–H groups in total. The van der Waals surface area contributed by atoms with Gasteiger partial charge in [-0.1, -0.05) is 19.8 Å². The number of carbonyl (C=O) groups is 1. The van der Waals surface area contributed by atoms with Crippen LogP contribution in [0.4, 0.5) is 15.8 Å². The minimum absolute atomic E-state index is 0.0443. The molecule has 0 heterocycles. The summed E-state index contributed by atoms with van der Waals surface area (Å²) in [5.41, 5.74) is 5.66. The summed E-state index contributed by atoms with van der Waals surface area (Å²) in [5.74, 6) is -0.853. The van der Waals surface area contributed by atoms with E-state index < -0.39 is 11.8 Å². The number of hydrogen-bond donors (Lipinski definition) is 3. The second-order valence-corrected chi connectivity index (χ2v) is 5.88. The highest BCUT2D eigenvalue weighted by Gasteiger charge is 2.22. The maximum Gasteiger partial charge on any atom is 0.337 e. The lowest BCUT2D eigenvalue weighted by Gasteiger charge is -2.29. The van der Waals surface area contributed by atoms with Crippen molar-refractivity contribution in [1.82, 2.24) is 0 Å². The average molecular weight is 294 g/mol. The summed E-state index contributed by atoms with van der Waals surface area (Å²) in [6.45, 7) is 2.20. The minimum Gasteiger partial charge on any atom is -0.478 e. The fraction of sp³-hybridized carbons (Fsp3) is 0.562. The topological polar surface area (TPSA) is 75.3 Å². The first kappa shape index (κ1) is 15.6. The third kappa shape index (κ3) is 3.86. The van der Waals surface area contributed by atoms with Gasteiger partial charge in [-0.3, -0.25) is 0 Å². The first-order chi connectivity index (χ1) is 10.0. The molecule has 1 aromatic carbocycles. The highest BCUT2D eigenvalue weighted by Crippen LogP contribution is 2.31. The average Bonchev–Trinajstić information content (AvgIpc) is 2.43. The summed E-state index contributed by atoms with van der Waals surface area (Å²) >= 11 is 0. The van der Waals surface area contributed by atoms with E-state index in [1.807, 2.05) is 0 Å². The van der Waals surface area contributed by atoms with Crippen LogP contribution < -0.4 is 11.1 Å². The fourth-order valence-corrected chi connectivity index (χ4v) is 3.11. The van der Waals surface area contributed by atoms with Gasteiger partial charge in [0.25, 0.3) is 0 Å². The van der Waals surface area contributed by atoms with Crippen molar-refractivity contribution < 1.29 is 14.3 Å². The van der Waals surface area contributed by atoms with Gasteiger partial charge >= 0.3 is 5.97 Å². The van der Waals surface area contributed by atoms with Crippen LogP contribution in [0.3, 0.4) is 0 Å². The molecule has 0 aliphatic heterocycles. The van der Waals surface area contributed by atoms with Gasteiger partial charge in [0.1, 0.15) is 5.82 Å². The summed E-state index contributed by atoms with van der Waals surface area (Å²) < 4.78 is 13.9. The van der Waals surface area contributed by atoms with Gasteiger partial charge in [-0.25, -0.2) is 9.18 Å². The van der Waals surface area contributed by atoms with E-state index in [1.54, 1.807) is 0 Å². The molecule has 1 aromatic rings. The Morgan fingerprint density at radius 1 is 1.38 bits per heavy atom. The molecule has 116 valence electrons. The van der Waals surface area contributed by atoms with E-state index in [-0.39, 0.29) is 23.0 Å². The van der Waals surface area contributed by atoms with Crippen molar-refractivity contribution in [3.63, 3.8) is 0 Å². The van der Waals surface area contributed by atoms with Gasteiger partial charge < -0.3 is 16.2 Å². The Morgan fingerprint density at radius 2 is 2.05 bits per heavy atom. The number of carboxylic acids is 1. The smallest absolute Gasteiger partial charge is 0.337 e. The van der Waals surface area contributed by atoms with Crippen molar-refractivity contribution in [1.29, 1.82) is 0 Å². The highest BCUT2D eigenvalue weighted by atomic mass is 19.1. The molecule has 1 fully saturated rings. The van der Waals surface area contributed by atoms with Crippen LogP contribution in [-0.2, 0) is 0 Å². The van der Waals surface area contributed by atoms with Crippen LogP contribution in [0, 0.1) is 11.7 Å². The van der Waals surface area contributed by atoms with Gasteiger partial charge in [-0.05, 0) is 43.7 Å². The lowest BCUT2D eigenvalue weighted by Crippen LogP contribution is -2.26. The van der Waals surface area contributed by atoms with Crippen LogP contribution in [0.5, 0.6) is 0 Å². The predicted octanol–water partition coefficient (Wildman–Crippen LogP) is 3.88. The predicted molar refractivity (Wildman–Crippen MR) is 82.0 cm³/mol. The van der Waals surface area contributed by atoms with Crippen molar-refractivity contribution in [2.75, 3.05) is 11.1 Å². The third-order valence-corrected chi connectivity index (χ3v) is 4.27. The molecule has 0 unspecified atom stereocenters. The number of nitrogens with one attached hydrogen (secondary N) is 1. The number of nitrogen functional groups attached to an aromatic ring is 1. The Bertz CT molecular complexity index is 511. The normalized spacial score (nSPS) is 22.0. The van der Waals surface area contributed by atoms with Crippen LogP contribution >= 0.6 is 0 Å². The Labute approximate surface area is 124 Å². The maximum atomic E-state index is 13.9. The molecule has 1 aliphatic rings. The van der Waals surface area contributed by atoms with Gasteiger partial charge in [0.2, 0.25) is 0 Å². The summed E-state index contributed by atoms with van der Waals surface area (Å²) in [4.78, 5) is 11.1. The van der Waals surface area contributed by atoms with Crippen molar-refractivity contribution >= 4 is 17.3 Å². The standard InChI is InChI=1S/C16H23FN2O2/c1-2-3-10-4-6-11(7-5-10)19-15-8-12(16(20)21)14(18)9-13(15)17/h8-11,19H,2-7,18H2,1H3,(H,20,21). The second kappa shape index (κ2) is 6.78. The number of rotatable bonds is 5. The van der Waals surface area contributed by atoms with Crippen molar-refractivity contribution in [3.8, 4) is 0 Å². The van der Waals surface area contributed by atoms with E-state index in [4.69, 9.17) is 10.8 Å². The summed E-state index contributed by atoms with van der Waals surface area (Å²) in [5, 5.41) is 12.2. The Kier molecular flexibility index (Phi) is 5.04. The molecule has 0 saturated heterocycles. The molecule has 0 radical (unpaired) electrons. The lowest BCUT2D eigenvalue weighted by molar-refractivity contribution is 0.0698. The van der Waals surface area contributed by atoms with E-state index in [1.165, 1.54) is 18.9 Å². The number of hydrogen-bond acceptors (Lipinski definition) is 3. The van der Waals surface area contributed by atoms with E-state index in [2.05, 4.69) is 12.2 Å². The molecule has 0 spiro atoms. The van der Waals surface area contributed by atoms with Gasteiger partial charge in [0.05, 0.1) is 11.3 Å². The molecule has 0 atom stereocenters. The van der Waals surface area contributed by atoms with Crippen molar-refractivity contribution in [2.24, 2.45) is 5.92 Å². The van der Waals surface area contributed by atoms with E-state index in [9.17, 15) is 9.18 Å². The lowest BCUT2D eigenvalue weighted by atomic mass is 9.83. The Morgan fingerprint density at radius 3 is 2.62 bits per heavy atom. The zero-order chi connectivity index (χ0) is 15.4. The molecule has 0 amide bonds. The largest absolute Gasteiger partial charge is 0.478 e. The number of benzene rings is 1. The molecule has 1 aliphatic carbocycles. The van der Waals surface area contributed by atoms with Gasteiger partial charge in [-0.15, -0.1) is 0 Å². The zero-order valence-corrected chi connectivity index (χ0v) is 12.4. The fourth-order valence-electron chi connectivity index (χ4n) is 3.11. The van der Waals surface area contributed by atoms with Crippen LogP contribution in [0.15, 0.2) is 12.1 Å². The number of nitrogens with two attached hydrogens (primary N) is 1. The van der Waals surface area contributed by atoms with E-state index >= 15 is 0 Å². The molecule has 0 bridgehead atoms. The molecule has 5 heteroatoms. The quantitative estimate of drug-likeness (QED) is 0.720. The summed E-state index contributed by atoms with van der Waals surface area (Å²) in [7, 11) is 0. The molecule has 21 heavy (non-hydrogen) atoms. The van der Waals surface area contributed by atoms with Gasteiger partial charge in [0, 0.05) is 11.7 Å². The summed E-state index contributed by atoms with van der Waals surface area (Å²) in [6, 6.07) is 2.58. The van der Waals surface area contributed by atoms with Crippen LogP contribution in [0.25, 0.3) is 0 Å². The monoisotopic (exact) mass is 294 g/mol. The van der Waals surface area contributed by atoms with Crippen molar-refractivity contribution in [2.45, 2.75) is 51.5 Å².